The fourth-order valence-electron chi connectivity index (χ4n) is 1.59. The molecular formula is C14H19BrF3NOS. The fraction of sp³-hybridized carbons (Fsp3) is 0.571. The van der Waals surface area contributed by atoms with Gasteiger partial charge in [-0.05, 0) is 57.9 Å². The van der Waals surface area contributed by atoms with Gasteiger partial charge in [0.2, 0.25) is 0 Å². The van der Waals surface area contributed by atoms with Crippen molar-refractivity contribution in [1.82, 2.24) is 5.32 Å². The van der Waals surface area contributed by atoms with Crippen molar-refractivity contribution in [2.24, 2.45) is 5.92 Å². The second-order valence-corrected chi connectivity index (χ2v) is 6.95. The molecule has 0 fully saturated rings. The number of halogens is 4. The van der Waals surface area contributed by atoms with E-state index in [1.165, 1.54) is 0 Å². The van der Waals surface area contributed by atoms with E-state index < -0.39 is 5.51 Å². The van der Waals surface area contributed by atoms with Crippen LogP contribution in [0.1, 0.15) is 19.4 Å². The van der Waals surface area contributed by atoms with Crippen molar-refractivity contribution in [3.05, 3.63) is 28.2 Å². The van der Waals surface area contributed by atoms with Crippen molar-refractivity contribution in [2.75, 3.05) is 18.9 Å². The van der Waals surface area contributed by atoms with Gasteiger partial charge in [-0.15, -0.1) is 0 Å². The molecular weight excluding hydrogens is 367 g/mol. The van der Waals surface area contributed by atoms with Crippen LogP contribution in [-0.4, -0.2) is 24.4 Å². The smallest absolute Gasteiger partial charge is 0.441 e. The summed E-state index contributed by atoms with van der Waals surface area (Å²) in [7, 11) is 0. The van der Waals surface area contributed by atoms with Gasteiger partial charge in [-0.1, -0.05) is 19.9 Å². The molecule has 0 amide bonds. The lowest BCUT2D eigenvalue weighted by atomic mass is 10.2. The Hall–Kier alpha value is -0.400. The third-order valence-electron chi connectivity index (χ3n) is 2.48. The van der Waals surface area contributed by atoms with Crippen LogP contribution in [0.5, 0.6) is 5.75 Å². The summed E-state index contributed by atoms with van der Waals surface area (Å²) in [5.41, 5.74) is -3.11. The van der Waals surface area contributed by atoms with Crippen LogP contribution in [0.15, 0.2) is 22.7 Å². The highest BCUT2D eigenvalue weighted by Gasteiger charge is 2.27. The zero-order chi connectivity index (χ0) is 15.9. The molecule has 1 aromatic rings. The van der Waals surface area contributed by atoms with E-state index in [-0.39, 0.29) is 24.1 Å². The summed E-state index contributed by atoms with van der Waals surface area (Å²) in [5.74, 6) is 1.03. The Balaban J connectivity index is 2.39. The van der Waals surface area contributed by atoms with E-state index in [0.29, 0.717) is 11.7 Å². The van der Waals surface area contributed by atoms with Gasteiger partial charge in [0.25, 0.3) is 0 Å². The summed E-state index contributed by atoms with van der Waals surface area (Å²) < 4.78 is 42.0. The minimum atomic E-state index is -4.20. The van der Waals surface area contributed by atoms with E-state index in [9.17, 15) is 13.2 Å². The van der Waals surface area contributed by atoms with E-state index in [1.807, 2.05) is 12.1 Å². The van der Waals surface area contributed by atoms with Gasteiger partial charge in [0.1, 0.15) is 5.75 Å². The van der Waals surface area contributed by atoms with Gasteiger partial charge in [0, 0.05) is 12.3 Å². The molecule has 21 heavy (non-hydrogen) atoms. The lowest BCUT2D eigenvalue weighted by Crippen LogP contribution is -2.18. The quantitative estimate of drug-likeness (QED) is 0.647. The zero-order valence-electron chi connectivity index (χ0n) is 12.0. The minimum Gasteiger partial charge on any atom is -0.492 e. The number of ether oxygens (including phenoxy) is 1. The standard InChI is InChI=1S/C14H19BrF3NOS/c1-10(2)8-19-9-11-3-4-13(12(15)7-11)20-5-6-21-14(16,17)18/h3-4,7,10,19H,5-6,8-9H2,1-2H3. The normalized spacial score (nSPS) is 12.0. The lowest BCUT2D eigenvalue weighted by molar-refractivity contribution is -0.0329. The first-order valence-electron chi connectivity index (χ1n) is 6.60. The molecule has 1 aromatic carbocycles. The Morgan fingerprint density at radius 2 is 2.05 bits per heavy atom. The molecule has 0 aliphatic heterocycles. The first-order valence-corrected chi connectivity index (χ1v) is 8.38. The van der Waals surface area contributed by atoms with Gasteiger partial charge >= 0.3 is 5.51 Å². The van der Waals surface area contributed by atoms with Crippen molar-refractivity contribution in [1.29, 1.82) is 0 Å². The third kappa shape index (κ3) is 8.58. The fourth-order valence-corrected chi connectivity index (χ4v) is 2.52. The van der Waals surface area contributed by atoms with Crippen LogP contribution in [0.4, 0.5) is 13.2 Å². The van der Waals surface area contributed by atoms with Gasteiger partial charge < -0.3 is 10.1 Å². The summed E-state index contributed by atoms with van der Waals surface area (Å²) in [6.45, 7) is 5.98. The second-order valence-electron chi connectivity index (χ2n) is 4.93. The van der Waals surface area contributed by atoms with Crippen molar-refractivity contribution in [2.45, 2.75) is 25.9 Å². The lowest BCUT2D eigenvalue weighted by Gasteiger charge is -2.11. The van der Waals surface area contributed by atoms with Crippen LogP contribution in [0, 0.1) is 5.92 Å². The number of benzene rings is 1. The number of hydrogen-bond acceptors (Lipinski definition) is 3. The Kier molecular flexibility index (Phi) is 7.90. The molecule has 0 aliphatic rings. The Bertz CT molecular complexity index is 441. The molecule has 2 nitrogen and oxygen atoms in total. The maximum absolute atomic E-state index is 12.0. The number of nitrogens with one attached hydrogen (secondary N) is 1. The average Bonchev–Trinajstić information content (AvgIpc) is 2.35. The number of rotatable bonds is 8. The summed E-state index contributed by atoms with van der Waals surface area (Å²) in [5, 5.41) is 3.33. The summed E-state index contributed by atoms with van der Waals surface area (Å²) >= 11 is 3.30. The molecule has 1 N–H and O–H groups in total. The molecule has 0 aromatic heterocycles. The zero-order valence-corrected chi connectivity index (χ0v) is 14.4. The molecule has 0 spiro atoms. The first-order chi connectivity index (χ1) is 9.78. The SMILES string of the molecule is CC(C)CNCc1ccc(OCCSC(F)(F)F)c(Br)c1. The molecule has 0 aliphatic carbocycles. The molecule has 0 heterocycles. The van der Waals surface area contributed by atoms with Crippen LogP contribution in [0.3, 0.4) is 0 Å². The monoisotopic (exact) mass is 385 g/mol. The van der Waals surface area contributed by atoms with Crippen molar-refractivity contribution < 1.29 is 17.9 Å². The molecule has 120 valence electrons. The van der Waals surface area contributed by atoms with Crippen molar-refractivity contribution in [3.8, 4) is 5.75 Å². The van der Waals surface area contributed by atoms with E-state index in [0.717, 1.165) is 23.1 Å². The van der Waals surface area contributed by atoms with E-state index >= 15 is 0 Å². The number of hydrogen-bond donors (Lipinski definition) is 1. The van der Waals surface area contributed by atoms with Crippen LogP contribution < -0.4 is 10.1 Å². The van der Waals surface area contributed by atoms with Gasteiger partial charge in [-0.2, -0.15) is 13.2 Å². The topological polar surface area (TPSA) is 21.3 Å². The van der Waals surface area contributed by atoms with Crippen LogP contribution in [0.2, 0.25) is 0 Å². The predicted molar refractivity (Wildman–Crippen MR) is 84.7 cm³/mol. The highest BCUT2D eigenvalue weighted by molar-refractivity contribution is 9.10. The third-order valence-corrected chi connectivity index (χ3v) is 3.80. The number of alkyl halides is 3. The van der Waals surface area contributed by atoms with Gasteiger partial charge in [0.05, 0.1) is 11.1 Å². The molecule has 7 heteroatoms. The van der Waals surface area contributed by atoms with E-state index in [2.05, 4.69) is 35.1 Å². The van der Waals surface area contributed by atoms with Crippen LogP contribution >= 0.6 is 27.7 Å². The molecule has 1 rings (SSSR count). The highest BCUT2D eigenvalue weighted by atomic mass is 79.9. The Morgan fingerprint density at radius 1 is 1.33 bits per heavy atom. The van der Waals surface area contributed by atoms with Gasteiger partial charge in [-0.3, -0.25) is 0 Å². The van der Waals surface area contributed by atoms with E-state index in [4.69, 9.17) is 4.74 Å². The second kappa shape index (κ2) is 8.90. The summed E-state index contributed by atoms with van der Waals surface area (Å²) in [4.78, 5) is 0. The molecule has 0 unspecified atom stereocenters. The van der Waals surface area contributed by atoms with Crippen molar-refractivity contribution >= 4 is 27.7 Å². The highest BCUT2D eigenvalue weighted by Crippen LogP contribution is 2.30. The van der Waals surface area contributed by atoms with E-state index in [1.54, 1.807) is 6.07 Å². The maximum atomic E-state index is 12.0. The van der Waals surface area contributed by atoms with Crippen LogP contribution in [-0.2, 0) is 6.54 Å². The summed E-state index contributed by atoms with van der Waals surface area (Å²) in [6, 6.07) is 5.60. The first kappa shape index (κ1) is 18.6. The Labute approximate surface area is 136 Å². The van der Waals surface area contributed by atoms with Gasteiger partial charge in [0.15, 0.2) is 0 Å². The molecule has 0 radical (unpaired) electrons. The number of thioether (sulfide) groups is 1. The minimum absolute atomic E-state index is 0.0216. The largest absolute Gasteiger partial charge is 0.492 e. The van der Waals surface area contributed by atoms with Gasteiger partial charge in [-0.25, -0.2) is 0 Å². The molecule has 0 atom stereocenters. The summed E-state index contributed by atoms with van der Waals surface area (Å²) in [6.07, 6.45) is 0. The maximum Gasteiger partial charge on any atom is 0.441 e. The molecule has 0 saturated heterocycles. The predicted octanol–water partition coefficient (Wildman–Crippen LogP) is 4.83. The average molecular weight is 386 g/mol. The van der Waals surface area contributed by atoms with Crippen molar-refractivity contribution in [3.63, 3.8) is 0 Å². The Morgan fingerprint density at radius 3 is 2.62 bits per heavy atom. The molecule has 0 bridgehead atoms. The van der Waals surface area contributed by atoms with Crippen LogP contribution in [0.25, 0.3) is 0 Å². The molecule has 0 saturated carbocycles.